The fourth-order valence-electron chi connectivity index (χ4n) is 2.94. The average Bonchev–Trinajstić information content (AvgIpc) is 2.84. The first-order chi connectivity index (χ1) is 7.77. The van der Waals surface area contributed by atoms with E-state index in [2.05, 4.69) is 54.0 Å². The normalized spacial score (nSPS) is 22.0. The maximum atomic E-state index is 2.47. The number of rotatable bonds is 1. The Morgan fingerprint density at radius 1 is 1.19 bits per heavy atom. The lowest BCUT2D eigenvalue weighted by Gasteiger charge is -2.18. The fourth-order valence-corrected chi connectivity index (χ4v) is 2.94. The predicted octanol–water partition coefficient (Wildman–Crippen LogP) is 2.95. The molecule has 16 heavy (non-hydrogen) atoms. The van der Waals surface area contributed by atoms with Gasteiger partial charge in [-0.2, -0.15) is 0 Å². The molecule has 1 aromatic carbocycles. The van der Waals surface area contributed by atoms with E-state index in [4.69, 9.17) is 0 Å². The van der Waals surface area contributed by atoms with Crippen molar-refractivity contribution in [1.29, 1.82) is 0 Å². The molecule has 0 spiro atoms. The number of nitrogens with zero attached hydrogens (tertiary/aromatic N) is 2. The molecule has 0 amide bonds. The molecule has 1 saturated heterocycles. The van der Waals surface area contributed by atoms with Crippen LogP contribution < -0.4 is 0 Å². The summed E-state index contributed by atoms with van der Waals surface area (Å²) in [6.45, 7) is 1.23. The molecule has 0 unspecified atom stereocenters. The highest BCUT2D eigenvalue weighted by atomic mass is 15.1. The summed E-state index contributed by atoms with van der Waals surface area (Å²) in [4.78, 5) is 2.47. The first kappa shape index (κ1) is 9.91. The largest absolute Gasteiger partial charge is 0.350 e. The highest BCUT2D eigenvalue weighted by molar-refractivity contribution is 5.84. The Kier molecular flexibility index (Phi) is 2.25. The smallest absolute Gasteiger partial charge is 0.0481 e. The molecule has 0 aliphatic carbocycles. The van der Waals surface area contributed by atoms with Gasteiger partial charge in [-0.05, 0) is 38.1 Å². The van der Waals surface area contributed by atoms with Crippen LogP contribution in [-0.4, -0.2) is 23.1 Å². The molecule has 0 bridgehead atoms. The highest BCUT2D eigenvalue weighted by Gasteiger charge is 2.25. The molecule has 0 N–H and O–H groups in total. The van der Waals surface area contributed by atoms with Crippen molar-refractivity contribution < 1.29 is 0 Å². The van der Waals surface area contributed by atoms with Crippen LogP contribution in [0.25, 0.3) is 10.9 Å². The van der Waals surface area contributed by atoms with Crippen LogP contribution in [0.5, 0.6) is 0 Å². The number of hydrogen-bond acceptors (Lipinski definition) is 1. The van der Waals surface area contributed by atoms with E-state index in [1.54, 1.807) is 0 Å². The van der Waals surface area contributed by atoms with Gasteiger partial charge in [0.25, 0.3) is 0 Å². The van der Waals surface area contributed by atoms with Crippen molar-refractivity contribution in [3.8, 4) is 0 Å². The van der Waals surface area contributed by atoms with Gasteiger partial charge < -0.3 is 4.57 Å². The topological polar surface area (TPSA) is 8.17 Å². The van der Waals surface area contributed by atoms with Crippen molar-refractivity contribution in [2.24, 2.45) is 7.05 Å². The Bertz CT molecular complexity index is 512. The molecule has 2 nitrogen and oxygen atoms in total. The first-order valence-corrected chi connectivity index (χ1v) is 6.01. The Balaban J connectivity index is 2.16. The minimum atomic E-state index is 0.617. The number of likely N-dealkylation sites (tertiary alicyclic amines) is 1. The molecule has 2 heteroatoms. The van der Waals surface area contributed by atoms with Crippen LogP contribution in [0.2, 0.25) is 0 Å². The molecule has 2 aromatic rings. The summed E-state index contributed by atoms with van der Waals surface area (Å²) in [5.74, 6) is 0. The van der Waals surface area contributed by atoms with Gasteiger partial charge in [0.1, 0.15) is 0 Å². The zero-order valence-corrected chi connectivity index (χ0v) is 9.98. The van der Waals surface area contributed by atoms with Gasteiger partial charge in [0.15, 0.2) is 0 Å². The maximum absolute atomic E-state index is 2.47. The third-order valence-corrected chi connectivity index (χ3v) is 3.81. The Morgan fingerprint density at radius 3 is 2.75 bits per heavy atom. The quantitative estimate of drug-likeness (QED) is 0.708. The summed E-state index contributed by atoms with van der Waals surface area (Å²) >= 11 is 0. The van der Waals surface area contributed by atoms with Gasteiger partial charge in [-0.25, -0.2) is 0 Å². The van der Waals surface area contributed by atoms with Gasteiger partial charge in [0.05, 0.1) is 0 Å². The molecule has 0 saturated carbocycles. The molecular weight excluding hydrogens is 196 g/mol. The highest BCUT2D eigenvalue weighted by Crippen LogP contribution is 2.35. The third-order valence-electron chi connectivity index (χ3n) is 3.81. The summed E-state index contributed by atoms with van der Waals surface area (Å²) < 4.78 is 2.25. The van der Waals surface area contributed by atoms with Gasteiger partial charge in [-0.15, -0.1) is 0 Å². The van der Waals surface area contributed by atoms with E-state index in [1.807, 2.05) is 0 Å². The molecule has 1 atom stereocenters. The second kappa shape index (κ2) is 3.63. The first-order valence-electron chi connectivity index (χ1n) is 6.01. The molecule has 1 aromatic heterocycles. The SMILES string of the molecule is CN1CCC[C@@H]1c1cn(C)c2ccccc12. The Hall–Kier alpha value is -1.28. The van der Waals surface area contributed by atoms with Gasteiger partial charge in [-0.3, -0.25) is 4.90 Å². The predicted molar refractivity (Wildman–Crippen MR) is 67.5 cm³/mol. The number of benzene rings is 1. The van der Waals surface area contributed by atoms with E-state index in [0.717, 1.165) is 0 Å². The second-order valence-corrected chi connectivity index (χ2v) is 4.85. The van der Waals surface area contributed by atoms with Crippen LogP contribution in [0.4, 0.5) is 0 Å². The Labute approximate surface area is 96.5 Å². The number of para-hydroxylation sites is 1. The van der Waals surface area contributed by atoms with Crippen molar-refractivity contribution >= 4 is 10.9 Å². The zero-order valence-electron chi connectivity index (χ0n) is 9.98. The van der Waals surface area contributed by atoms with Crippen LogP contribution in [0.3, 0.4) is 0 Å². The van der Waals surface area contributed by atoms with E-state index >= 15 is 0 Å². The zero-order chi connectivity index (χ0) is 11.1. The average molecular weight is 214 g/mol. The number of hydrogen-bond donors (Lipinski definition) is 0. The van der Waals surface area contributed by atoms with Gasteiger partial charge in [0, 0.05) is 30.2 Å². The maximum Gasteiger partial charge on any atom is 0.0481 e. The molecule has 1 aliphatic heterocycles. The van der Waals surface area contributed by atoms with Gasteiger partial charge in [-0.1, -0.05) is 18.2 Å². The van der Waals surface area contributed by atoms with Crippen LogP contribution in [-0.2, 0) is 7.05 Å². The lowest BCUT2D eigenvalue weighted by atomic mass is 10.0. The van der Waals surface area contributed by atoms with E-state index in [9.17, 15) is 0 Å². The standard InChI is InChI=1S/C14H18N2/c1-15-9-5-8-14(15)12-10-16(2)13-7-4-3-6-11(12)13/h3-4,6-7,10,14H,5,8-9H2,1-2H3/t14-/m1/s1. The minimum Gasteiger partial charge on any atom is -0.350 e. The number of fused-ring (bicyclic) bond motifs is 1. The van der Waals surface area contributed by atoms with Crippen LogP contribution >= 0.6 is 0 Å². The third kappa shape index (κ3) is 1.37. The summed E-state index contributed by atoms with van der Waals surface area (Å²) in [5.41, 5.74) is 2.84. The van der Waals surface area contributed by atoms with Crippen LogP contribution in [0, 0.1) is 0 Å². The molecule has 3 rings (SSSR count). The van der Waals surface area contributed by atoms with E-state index in [-0.39, 0.29) is 0 Å². The summed E-state index contributed by atoms with van der Waals surface area (Å²) in [6, 6.07) is 9.32. The number of aryl methyl sites for hydroxylation is 1. The van der Waals surface area contributed by atoms with Crippen LogP contribution in [0.1, 0.15) is 24.4 Å². The van der Waals surface area contributed by atoms with E-state index < -0.39 is 0 Å². The molecular formula is C14H18N2. The van der Waals surface area contributed by atoms with E-state index in [1.165, 1.54) is 35.9 Å². The van der Waals surface area contributed by atoms with Crippen molar-refractivity contribution in [1.82, 2.24) is 9.47 Å². The lowest BCUT2D eigenvalue weighted by molar-refractivity contribution is 0.319. The van der Waals surface area contributed by atoms with E-state index in [0.29, 0.717) is 6.04 Å². The van der Waals surface area contributed by atoms with Crippen molar-refractivity contribution in [3.63, 3.8) is 0 Å². The van der Waals surface area contributed by atoms with Gasteiger partial charge in [0.2, 0.25) is 0 Å². The van der Waals surface area contributed by atoms with Gasteiger partial charge >= 0.3 is 0 Å². The Morgan fingerprint density at radius 2 is 2.00 bits per heavy atom. The summed E-state index contributed by atoms with van der Waals surface area (Å²) in [6.07, 6.45) is 4.92. The lowest BCUT2D eigenvalue weighted by Crippen LogP contribution is -2.17. The second-order valence-electron chi connectivity index (χ2n) is 4.85. The summed E-state index contributed by atoms with van der Waals surface area (Å²) in [7, 11) is 4.38. The number of aromatic nitrogens is 1. The minimum absolute atomic E-state index is 0.617. The van der Waals surface area contributed by atoms with Crippen molar-refractivity contribution in [3.05, 3.63) is 36.0 Å². The molecule has 2 heterocycles. The monoisotopic (exact) mass is 214 g/mol. The molecule has 1 fully saturated rings. The van der Waals surface area contributed by atoms with Crippen molar-refractivity contribution in [2.45, 2.75) is 18.9 Å². The molecule has 1 aliphatic rings. The molecule has 84 valence electrons. The molecule has 0 radical (unpaired) electrons. The van der Waals surface area contributed by atoms with Crippen molar-refractivity contribution in [2.75, 3.05) is 13.6 Å². The fraction of sp³-hybridized carbons (Fsp3) is 0.429. The summed E-state index contributed by atoms with van der Waals surface area (Å²) in [5, 5.41) is 1.42. The van der Waals surface area contributed by atoms with Crippen LogP contribution in [0.15, 0.2) is 30.5 Å².